The Kier molecular flexibility index (Phi) is 7.04. The van der Waals surface area contributed by atoms with Gasteiger partial charge in [0, 0.05) is 24.2 Å². The number of amides is 2. The molecule has 0 aliphatic rings. The summed E-state index contributed by atoms with van der Waals surface area (Å²) in [5.41, 5.74) is 6.07. The Bertz CT molecular complexity index is 528. The van der Waals surface area contributed by atoms with Crippen molar-refractivity contribution >= 4 is 23.5 Å². The molecule has 0 aromatic heterocycles. The highest BCUT2D eigenvalue weighted by atomic mass is 16.4. The summed E-state index contributed by atoms with van der Waals surface area (Å²) in [7, 11) is 0. The highest BCUT2D eigenvalue weighted by Gasteiger charge is 2.11. The average molecular weight is 307 g/mol. The molecule has 0 heterocycles. The number of nitrogens with one attached hydrogen (secondary N) is 1. The van der Waals surface area contributed by atoms with Gasteiger partial charge in [-0.3, -0.25) is 19.3 Å². The summed E-state index contributed by atoms with van der Waals surface area (Å²) in [6.45, 7) is 2.89. The van der Waals surface area contributed by atoms with Gasteiger partial charge in [-0.25, -0.2) is 0 Å². The molecule has 0 saturated carbocycles. The lowest BCUT2D eigenvalue weighted by atomic mass is 10.2. The predicted octanol–water partition coefficient (Wildman–Crippen LogP) is 0.911. The molecule has 22 heavy (non-hydrogen) atoms. The van der Waals surface area contributed by atoms with Crippen LogP contribution in [0.3, 0.4) is 0 Å². The topological polar surface area (TPSA) is 113 Å². The molecule has 0 fully saturated rings. The van der Waals surface area contributed by atoms with E-state index in [4.69, 9.17) is 10.8 Å². The Hall–Kier alpha value is -2.41. The number of anilines is 1. The number of carbonyl (C=O) groups is 3. The minimum atomic E-state index is -0.907. The number of rotatable bonds is 9. The minimum Gasteiger partial charge on any atom is -0.480 e. The first-order valence-electron chi connectivity index (χ1n) is 7.06. The minimum absolute atomic E-state index is 0.0750. The van der Waals surface area contributed by atoms with Crippen LogP contribution in [0.25, 0.3) is 0 Å². The molecular formula is C15H21N3O4. The lowest BCUT2D eigenvalue weighted by Gasteiger charge is -2.18. The molecule has 1 rings (SSSR count). The van der Waals surface area contributed by atoms with Crippen molar-refractivity contribution in [1.29, 1.82) is 0 Å². The van der Waals surface area contributed by atoms with E-state index in [9.17, 15) is 14.4 Å². The zero-order valence-electron chi connectivity index (χ0n) is 12.5. The number of benzene rings is 1. The van der Waals surface area contributed by atoms with Crippen LogP contribution in [0.5, 0.6) is 0 Å². The van der Waals surface area contributed by atoms with E-state index in [2.05, 4.69) is 5.32 Å². The summed E-state index contributed by atoms with van der Waals surface area (Å²) >= 11 is 0. The number of nitrogens with two attached hydrogens (primary N) is 1. The average Bonchev–Trinajstić information content (AvgIpc) is 2.45. The van der Waals surface area contributed by atoms with E-state index >= 15 is 0 Å². The van der Waals surface area contributed by atoms with E-state index in [-0.39, 0.29) is 18.9 Å². The fourth-order valence-corrected chi connectivity index (χ4v) is 1.98. The van der Waals surface area contributed by atoms with Crippen LogP contribution in [-0.4, -0.2) is 47.4 Å². The van der Waals surface area contributed by atoms with Crippen molar-refractivity contribution in [3.8, 4) is 0 Å². The Morgan fingerprint density at radius 1 is 1.18 bits per heavy atom. The van der Waals surface area contributed by atoms with Crippen molar-refractivity contribution in [2.45, 2.75) is 19.8 Å². The van der Waals surface area contributed by atoms with Crippen molar-refractivity contribution in [3.63, 3.8) is 0 Å². The summed E-state index contributed by atoms with van der Waals surface area (Å²) in [5.74, 6) is -1.64. The van der Waals surface area contributed by atoms with Crippen LogP contribution in [0.1, 0.15) is 30.1 Å². The van der Waals surface area contributed by atoms with Crippen LogP contribution in [0, 0.1) is 0 Å². The van der Waals surface area contributed by atoms with E-state index in [0.717, 1.165) is 6.42 Å². The van der Waals surface area contributed by atoms with Crippen molar-refractivity contribution < 1.29 is 19.5 Å². The Morgan fingerprint density at radius 3 is 2.32 bits per heavy atom. The summed E-state index contributed by atoms with van der Waals surface area (Å²) in [6, 6.07) is 6.26. The zero-order valence-corrected chi connectivity index (χ0v) is 12.5. The van der Waals surface area contributed by atoms with Gasteiger partial charge in [0.15, 0.2) is 0 Å². The van der Waals surface area contributed by atoms with Crippen LogP contribution >= 0.6 is 0 Å². The first kappa shape index (κ1) is 17.6. The molecule has 7 heteroatoms. The molecule has 4 N–H and O–H groups in total. The van der Waals surface area contributed by atoms with E-state index in [1.165, 1.54) is 12.1 Å². The largest absolute Gasteiger partial charge is 0.480 e. The quantitative estimate of drug-likeness (QED) is 0.627. The van der Waals surface area contributed by atoms with Gasteiger partial charge in [0.25, 0.3) is 0 Å². The molecule has 120 valence electrons. The highest BCUT2D eigenvalue weighted by Crippen LogP contribution is 2.09. The van der Waals surface area contributed by atoms with Gasteiger partial charge >= 0.3 is 5.97 Å². The van der Waals surface area contributed by atoms with Gasteiger partial charge in [0.05, 0.1) is 6.54 Å². The lowest BCUT2D eigenvalue weighted by Crippen LogP contribution is -2.33. The molecule has 0 spiro atoms. The van der Waals surface area contributed by atoms with Gasteiger partial charge in [-0.2, -0.15) is 0 Å². The molecule has 1 aromatic carbocycles. The van der Waals surface area contributed by atoms with Crippen LogP contribution in [0.2, 0.25) is 0 Å². The second kappa shape index (κ2) is 8.78. The monoisotopic (exact) mass is 307 g/mol. The van der Waals surface area contributed by atoms with E-state index in [0.29, 0.717) is 24.3 Å². The number of hydrogen-bond acceptors (Lipinski definition) is 4. The number of hydrogen-bond donors (Lipinski definition) is 3. The molecule has 2 amide bonds. The third-order valence-electron chi connectivity index (χ3n) is 3.01. The number of carboxylic acid groups (broad SMARTS) is 1. The number of aliphatic carboxylic acids is 1. The molecule has 0 bridgehead atoms. The highest BCUT2D eigenvalue weighted by molar-refractivity contribution is 5.94. The number of carbonyl (C=O) groups excluding carboxylic acids is 2. The summed E-state index contributed by atoms with van der Waals surface area (Å²) in [5, 5.41) is 11.5. The van der Waals surface area contributed by atoms with Crippen molar-refractivity contribution in [1.82, 2.24) is 4.90 Å². The Balaban J connectivity index is 2.47. The van der Waals surface area contributed by atoms with Crippen LogP contribution in [0.15, 0.2) is 24.3 Å². The maximum absolute atomic E-state index is 11.8. The first-order chi connectivity index (χ1) is 10.4. The number of primary amides is 1. The molecule has 0 aliphatic heterocycles. The van der Waals surface area contributed by atoms with Gasteiger partial charge in [0.2, 0.25) is 11.8 Å². The fraction of sp³-hybridized carbons (Fsp3) is 0.400. The van der Waals surface area contributed by atoms with Crippen LogP contribution in [-0.2, 0) is 9.59 Å². The third kappa shape index (κ3) is 6.36. The van der Waals surface area contributed by atoms with Gasteiger partial charge in [0.1, 0.15) is 0 Å². The molecule has 0 unspecified atom stereocenters. The summed E-state index contributed by atoms with van der Waals surface area (Å²) < 4.78 is 0. The standard InChI is InChI=1S/C15H21N3O4/c1-2-8-18(10-14(20)21)9-7-13(19)17-12-5-3-11(4-6-12)15(16)22/h3-6H,2,7-10H2,1H3,(H2,16,22)(H,17,19)(H,20,21). The molecular weight excluding hydrogens is 286 g/mol. The van der Waals surface area contributed by atoms with Crippen LogP contribution in [0.4, 0.5) is 5.69 Å². The zero-order chi connectivity index (χ0) is 16.5. The van der Waals surface area contributed by atoms with Gasteiger partial charge < -0.3 is 16.2 Å². The summed E-state index contributed by atoms with van der Waals surface area (Å²) in [6.07, 6.45) is 1.02. The normalized spacial score (nSPS) is 10.5. The number of nitrogens with zero attached hydrogens (tertiary/aromatic N) is 1. The maximum atomic E-state index is 11.8. The van der Waals surface area contributed by atoms with E-state index < -0.39 is 11.9 Å². The maximum Gasteiger partial charge on any atom is 0.317 e. The molecule has 7 nitrogen and oxygen atoms in total. The second-order valence-corrected chi connectivity index (χ2v) is 4.91. The fourth-order valence-electron chi connectivity index (χ4n) is 1.98. The predicted molar refractivity (Wildman–Crippen MR) is 82.6 cm³/mol. The molecule has 0 saturated heterocycles. The van der Waals surface area contributed by atoms with Crippen molar-refractivity contribution in [3.05, 3.63) is 29.8 Å². The number of carboxylic acids is 1. The third-order valence-corrected chi connectivity index (χ3v) is 3.01. The first-order valence-corrected chi connectivity index (χ1v) is 7.06. The SMILES string of the molecule is CCCN(CCC(=O)Nc1ccc(C(N)=O)cc1)CC(=O)O. The lowest BCUT2D eigenvalue weighted by molar-refractivity contribution is -0.138. The molecule has 0 radical (unpaired) electrons. The second-order valence-electron chi connectivity index (χ2n) is 4.91. The van der Waals surface area contributed by atoms with E-state index in [1.807, 2.05) is 6.92 Å². The molecule has 1 aromatic rings. The Morgan fingerprint density at radius 2 is 1.82 bits per heavy atom. The van der Waals surface area contributed by atoms with Crippen molar-refractivity contribution in [2.75, 3.05) is 25.0 Å². The van der Waals surface area contributed by atoms with Gasteiger partial charge in [-0.1, -0.05) is 6.92 Å². The molecule has 0 atom stereocenters. The Labute approximate surface area is 129 Å². The van der Waals surface area contributed by atoms with Crippen molar-refractivity contribution in [2.24, 2.45) is 5.73 Å². The van der Waals surface area contributed by atoms with Gasteiger partial charge in [-0.15, -0.1) is 0 Å². The molecule has 0 aliphatic carbocycles. The smallest absolute Gasteiger partial charge is 0.317 e. The summed E-state index contributed by atoms with van der Waals surface area (Å²) in [4.78, 5) is 35.2. The van der Waals surface area contributed by atoms with Gasteiger partial charge in [-0.05, 0) is 37.2 Å². The van der Waals surface area contributed by atoms with E-state index in [1.54, 1.807) is 17.0 Å². The van der Waals surface area contributed by atoms with Crippen LogP contribution < -0.4 is 11.1 Å².